The van der Waals surface area contributed by atoms with Crippen LogP contribution in [0.5, 0.6) is 11.5 Å². The Kier molecular flexibility index (Phi) is 6.48. The van der Waals surface area contributed by atoms with Crippen molar-refractivity contribution in [1.82, 2.24) is 10.1 Å². The molecule has 1 aromatic heterocycles. The van der Waals surface area contributed by atoms with Gasteiger partial charge < -0.3 is 23.6 Å². The van der Waals surface area contributed by atoms with Crippen LogP contribution in [0.4, 0.5) is 0 Å². The van der Waals surface area contributed by atoms with Gasteiger partial charge in [0.2, 0.25) is 15.9 Å². The zero-order valence-electron chi connectivity index (χ0n) is 21.6. The van der Waals surface area contributed by atoms with Gasteiger partial charge in [-0.1, -0.05) is 27.2 Å². The van der Waals surface area contributed by atoms with Gasteiger partial charge in [-0.3, -0.25) is 4.79 Å². The summed E-state index contributed by atoms with van der Waals surface area (Å²) in [6.45, 7) is 1.88. The number of hydrogen-bond acceptors (Lipinski definition) is 8. The zero-order chi connectivity index (χ0) is 27.5. The van der Waals surface area contributed by atoms with Gasteiger partial charge in [-0.25, -0.2) is 13.6 Å². The van der Waals surface area contributed by atoms with E-state index in [0.29, 0.717) is 55.3 Å². The number of hydrogen-bond donors (Lipinski definition) is 1. The molecule has 2 aromatic carbocycles. The molecule has 0 atom stereocenters. The van der Waals surface area contributed by atoms with Crippen LogP contribution in [-0.4, -0.2) is 64.9 Å². The van der Waals surface area contributed by atoms with Crippen molar-refractivity contribution >= 4 is 31.9 Å². The summed E-state index contributed by atoms with van der Waals surface area (Å²) in [5.74, 6) is 0.465. The molecule has 1 amide bonds. The molecule has 1 saturated heterocycles. The Morgan fingerprint density at radius 1 is 1.18 bits per heavy atom. The smallest absolute Gasteiger partial charge is 0.245 e. The number of carbonyl (C=O) groups excluding carboxylic acids is 1. The van der Waals surface area contributed by atoms with Crippen molar-refractivity contribution in [3.05, 3.63) is 45.4 Å². The van der Waals surface area contributed by atoms with Crippen LogP contribution in [0.1, 0.15) is 29.5 Å². The minimum atomic E-state index is -4.28. The van der Waals surface area contributed by atoms with Crippen LogP contribution in [0.25, 0.3) is 22.6 Å². The predicted octanol–water partition coefficient (Wildman–Crippen LogP) is 3.42. The van der Waals surface area contributed by atoms with Crippen molar-refractivity contribution in [1.29, 1.82) is 0 Å². The SMILES string of the molecule is COc1cc(CC(=O)N2CCOCC2)c(-c2noc3c2CC2(CC2)c2ccc(Br)cc2-3)c(OC)c1S(N)(=O)=O. The Balaban J connectivity index is 1.58. The average molecular weight is 619 g/mol. The van der Waals surface area contributed by atoms with Gasteiger partial charge in [0.1, 0.15) is 11.4 Å². The molecule has 1 saturated carbocycles. The number of primary sulfonamides is 1. The van der Waals surface area contributed by atoms with E-state index < -0.39 is 10.0 Å². The highest BCUT2D eigenvalue weighted by atomic mass is 79.9. The lowest BCUT2D eigenvalue weighted by molar-refractivity contribution is -0.134. The van der Waals surface area contributed by atoms with Crippen LogP contribution in [0.15, 0.2) is 38.2 Å². The molecule has 0 unspecified atom stereocenters. The van der Waals surface area contributed by atoms with Crippen LogP contribution in [0, 0.1) is 0 Å². The number of sulfonamides is 1. The molecule has 12 heteroatoms. The molecule has 0 bridgehead atoms. The largest absolute Gasteiger partial charge is 0.495 e. The number of rotatable bonds is 6. The van der Waals surface area contributed by atoms with Gasteiger partial charge in [0.25, 0.3) is 0 Å². The highest BCUT2D eigenvalue weighted by molar-refractivity contribution is 9.10. The fourth-order valence-electron chi connectivity index (χ4n) is 5.85. The number of methoxy groups -OCH3 is 2. The van der Waals surface area contributed by atoms with E-state index in [2.05, 4.69) is 27.2 Å². The first-order valence-electron chi connectivity index (χ1n) is 12.6. The van der Waals surface area contributed by atoms with E-state index in [1.54, 1.807) is 4.90 Å². The van der Waals surface area contributed by atoms with E-state index >= 15 is 0 Å². The van der Waals surface area contributed by atoms with Crippen molar-refractivity contribution in [3.8, 4) is 34.1 Å². The van der Waals surface area contributed by atoms with Crippen LogP contribution in [0.2, 0.25) is 0 Å². The number of nitrogens with zero attached hydrogens (tertiary/aromatic N) is 2. The summed E-state index contributed by atoms with van der Waals surface area (Å²) in [6.07, 6.45) is 2.70. The predicted molar refractivity (Wildman–Crippen MR) is 145 cm³/mol. The Morgan fingerprint density at radius 2 is 1.92 bits per heavy atom. The number of amides is 1. The molecule has 0 radical (unpaired) electrons. The first kappa shape index (κ1) is 26.3. The number of nitrogens with two attached hydrogens (primary N) is 1. The van der Waals surface area contributed by atoms with Crippen molar-refractivity contribution in [3.63, 3.8) is 0 Å². The molecule has 2 aliphatic carbocycles. The summed E-state index contributed by atoms with van der Waals surface area (Å²) in [5.41, 5.74) is 4.30. The minimum Gasteiger partial charge on any atom is -0.495 e. The van der Waals surface area contributed by atoms with Crippen LogP contribution < -0.4 is 14.6 Å². The third kappa shape index (κ3) is 4.43. The van der Waals surface area contributed by atoms with E-state index in [1.165, 1.54) is 25.8 Å². The molecule has 1 aliphatic heterocycles. The maximum absolute atomic E-state index is 13.4. The summed E-state index contributed by atoms with van der Waals surface area (Å²) in [4.78, 5) is 14.8. The molecule has 39 heavy (non-hydrogen) atoms. The lowest BCUT2D eigenvalue weighted by Crippen LogP contribution is -2.41. The van der Waals surface area contributed by atoms with E-state index in [4.69, 9.17) is 23.9 Å². The molecule has 1 spiro atoms. The first-order chi connectivity index (χ1) is 18.7. The molecular weight excluding hydrogens is 590 g/mol. The van der Waals surface area contributed by atoms with Crippen molar-refractivity contribution in [2.45, 2.75) is 36.0 Å². The van der Waals surface area contributed by atoms with Gasteiger partial charge >= 0.3 is 0 Å². The van der Waals surface area contributed by atoms with Crippen molar-refractivity contribution < 1.29 is 31.9 Å². The van der Waals surface area contributed by atoms with Gasteiger partial charge in [-0.15, -0.1) is 0 Å². The molecule has 3 aliphatic rings. The van der Waals surface area contributed by atoms with Gasteiger partial charge in [-0.05, 0) is 48.6 Å². The van der Waals surface area contributed by atoms with Gasteiger partial charge in [0.05, 0.1) is 39.4 Å². The number of fused-ring (bicyclic) bond motifs is 4. The monoisotopic (exact) mass is 617 g/mol. The molecule has 6 rings (SSSR count). The molecule has 206 valence electrons. The molecule has 2 heterocycles. The maximum Gasteiger partial charge on any atom is 0.245 e. The molecule has 10 nitrogen and oxygen atoms in total. The standard InChI is InChI=1S/C27H28BrN3O7S/c1-35-20-11-15(12-21(32)31-7-9-37-10-8-31)22(25(36-2)26(20)39(29,33)34)23-18-14-27(5-6-27)19-4-3-16(28)13-17(19)24(18)38-30-23/h3-4,11,13H,5-10,12,14H2,1-2H3,(H2,29,33,34). The Hall–Kier alpha value is -2.93. The number of carbonyl (C=O) groups is 1. The highest BCUT2D eigenvalue weighted by Crippen LogP contribution is 2.59. The van der Waals surface area contributed by atoms with Crippen LogP contribution >= 0.6 is 15.9 Å². The Labute approximate surface area is 234 Å². The fourth-order valence-corrected chi connectivity index (χ4v) is 7.08. The molecule has 3 aromatic rings. The molecule has 2 N–H and O–H groups in total. The third-order valence-electron chi connectivity index (χ3n) is 7.89. The van der Waals surface area contributed by atoms with Gasteiger partial charge in [-0.2, -0.15) is 0 Å². The normalized spacial score (nSPS) is 17.5. The topological polar surface area (TPSA) is 134 Å². The molecule has 2 fully saturated rings. The van der Waals surface area contributed by atoms with E-state index in [-0.39, 0.29) is 34.1 Å². The van der Waals surface area contributed by atoms with E-state index in [1.807, 2.05) is 12.1 Å². The van der Waals surface area contributed by atoms with Crippen LogP contribution in [-0.2, 0) is 37.8 Å². The van der Waals surface area contributed by atoms with Crippen molar-refractivity contribution in [2.75, 3.05) is 40.5 Å². The van der Waals surface area contributed by atoms with E-state index in [9.17, 15) is 13.2 Å². The highest BCUT2D eigenvalue weighted by Gasteiger charge is 2.50. The quantitative estimate of drug-likeness (QED) is 0.444. The third-order valence-corrected chi connectivity index (χ3v) is 9.34. The number of morpholine rings is 1. The second kappa shape index (κ2) is 9.61. The number of ether oxygens (including phenoxy) is 3. The number of benzene rings is 2. The summed E-state index contributed by atoms with van der Waals surface area (Å²) in [7, 11) is -1.57. The Morgan fingerprint density at radius 3 is 2.56 bits per heavy atom. The summed E-state index contributed by atoms with van der Waals surface area (Å²) >= 11 is 3.57. The van der Waals surface area contributed by atoms with Crippen LogP contribution in [0.3, 0.4) is 0 Å². The molecular formula is C27H28BrN3O7S. The lowest BCUT2D eigenvalue weighted by Gasteiger charge is -2.28. The van der Waals surface area contributed by atoms with Crippen molar-refractivity contribution in [2.24, 2.45) is 5.14 Å². The second-order valence-corrected chi connectivity index (χ2v) is 12.6. The summed E-state index contributed by atoms with van der Waals surface area (Å²) in [6, 6.07) is 7.71. The summed E-state index contributed by atoms with van der Waals surface area (Å²) in [5, 5.41) is 10.1. The first-order valence-corrected chi connectivity index (χ1v) is 15.0. The second-order valence-electron chi connectivity index (χ2n) is 10.2. The van der Waals surface area contributed by atoms with Gasteiger partial charge in [0.15, 0.2) is 16.4 Å². The zero-order valence-corrected chi connectivity index (χ0v) is 24.0. The van der Waals surface area contributed by atoms with Gasteiger partial charge in [0, 0.05) is 34.1 Å². The average Bonchev–Trinajstić information content (AvgIpc) is 3.56. The van der Waals surface area contributed by atoms with E-state index in [0.717, 1.165) is 28.4 Å². The number of aromatic nitrogens is 1. The Bertz CT molecular complexity index is 1590. The fraction of sp³-hybridized carbons (Fsp3) is 0.407. The number of halogens is 1. The lowest BCUT2D eigenvalue weighted by atomic mass is 9.78. The minimum absolute atomic E-state index is 0.00632. The summed E-state index contributed by atoms with van der Waals surface area (Å²) < 4.78 is 49.0. The maximum atomic E-state index is 13.4.